The van der Waals surface area contributed by atoms with Gasteiger partial charge >= 0.3 is 6.18 Å². The van der Waals surface area contributed by atoms with Crippen molar-refractivity contribution >= 4 is 11.6 Å². The summed E-state index contributed by atoms with van der Waals surface area (Å²) in [5.74, 6) is -0.115. The van der Waals surface area contributed by atoms with Crippen LogP contribution in [0.1, 0.15) is 31.9 Å². The van der Waals surface area contributed by atoms with Crippen molar-refractivity contribution in [2.75, 3.05) is 11.9 Å². The first-order chi connectivity index (χ1) is 11.9. The molecule has 1 aromatic heterocycles. The average molecular weight is 352 g/mol. The van der Waals surface area contributed by atoms with E-state index in [9.17, 15) is 18.0 Å². The molecule has 2 N–H and O–H groups in total. The molecule has 3 rings (SSSR count). The van der Waals surface area contributed by atoms with E-state index in [1.165, 1.54) is 12.1 Å². The highest BCUT2D eigenvalue weighted by Gasteiger charge is 2.39. The molecule has 1 atom stereocenters. The molecule has 1 saturated heterocycles. The van der Waals surface area contributed by atoms with Gasteiger partial charge in [0.1, 0.15) is 5.69 Å². The van der Waals surface area contributed by atoms with Crippen LogP contribution >= 0.6 is 0 Å². The molecule has 2 aromatic rings. The predicted molar refractivity (Wildman–Crippen MR) is 87.5 cm³/mol. The van der Waals surface area contributed by atoms with Crippen molar-refractivity contribution in [1.29, 1.82) is 0 Å². The Morgan fingerprint density at radius 3 is 2.60 bits per heavy atom. The van der Waals surface area contributed by atoms with Crippen molar-refractivity contribution in [3.8, 4) is 5.69 Å². The molecule has 0 bridgehead atoms. The Kier molecular flexibility index (Phi) is 4.55. The minimum atomic E-state index is -4.48. The van der Waals surface area contributed by atoms with Crippen LogP contribution in [0.4, 0.5) is 18.9 Å². The fourth-order valence-corrected chi connectivity index (χ4v) is 3.12. The second kappa shape index (κ2) is 6.51. The van der Waals surface area contributed by atoms with E-state index in [1.54, 1.807) is 12.1 Å². The number of rotatable bonds is 4. The SMILES string of the molecule is CCC1(C(=O)Nc2ccc(-n3nccc3C(F)(F)F)cc2)CCCN1. The third-order valence-electron chi connectivity index (χ3n) is 4.58. The minimum Gasteiger partial charge on any atom is -0.324 e. The molecule has 5 nitrogen and oxygen atoms in total. The molecule has 1 amide bonds. The summed E-state index contributed by atoms with van der Waals surface area (Å²) < 4.78 is 39.7. The molecule has 0 spiro atoms. The van der Waals surface area contributed by atoms with E-state index in [4.69, 9.17) is 0 Å². The fraction of sp³-hybridized carbons (Fsp3) is 0.412. The summed E-state index contributed by atoms with van der Waals surface area (Å²) in [6.07, 6.45) is -0.977. The van der Waals surface area contributed by atoms with Gasteiger partial charge in [-0.15, -0.1) is 0 Å². The van der Waals surface area contributed by atoms with Crippen molar-refractivity contribution in [2.24, 2.45) is 0 Å². The average Bonchev–Trinajstić information content (AvgIpc) is 3.25. The van der Waals surface area contributed by atoms with Crippen LogP contribution in [0, 0.1) is 0 Å². The van der Waals surface area contributed by atoms with Crippen LogP contribution in [0.25, 0.3) is 5.69 Å². The molecule has 0 aliphatic carbocycles. The van der Waals surface area contributed by atoms with Crippen molar-refractivity contribution in [1.82, 2.24) is 15.1 Å². The van der Waals surface area contributed by atoms with Gasteiger partial charge in [0.2, 0.25) is 5.91 Å². The Hall–Kier alpha value is -2.35. The molecule has 1 aliphatic heterocycles. The zero-order valence-corrected chi connectivity index (χ0v) is 13.7. The van der Waals surface area contributed by atoms with Gasteiger partial charge in [-0.2, -0.15) is 18.3 Å². The van der Waals surface area contributed by atoms with Gasteiger partial charge < -0.3 is 10.6 Å². The molecular weight excluding hydrogens is 333 g/mol. The molecule has 1 fully saturated rings. The summed E-state index contributed by atoms with van der Waals surface area (Å²) in [6.45, 7) is 2.76. The molecule has 25 heavy (non-hydrogen) atoms. The molecule has 0 saturated carbocycles. The van der Waals surface area contributed by atoms with Crippen LogP contribution in [0.5, 0.6) is 0 Å². The van der Waals surface area contributed by atoms with Crippen molar-refractivity contribution in [3.05, 3.63) is 42.2 Å². The first-order valence-corrected chi connectivity index (χ1v) is 8.14. The highest BCUT2D eigenvalue weighted by atomic mass is 19.4. The van der Waals surface area contributed by atoms with Crippen LogP contribution in [0.2, 0.25) is 0 Å². The van der Waals surface area contributed by atoms with Crippen LogP contribution in [0.3, 0.4) is 0 Å². The molecule has 1 unspecified atom stereocenters. The Balaban J connectivity index is 1.77. The lowest BCUT2D eigenvalue weighted by molar-refractivity contribution is -0.142. The normalized spacial score (nSPS) is 20.6. The smallest absolute Gasteiger partial charge is 0.324 e. The number of alkyl halides is 3. The lowest BCUT2D eigenvalue weighted by atomic mass is 9.93. The number of anilines is 1. The maximum Gasteiger partial charge on any atom is 0.433 e. The summed E-state index contributed by atoms with van der Waals surface area (Å²) in [4.78, 5) is 12.5. The number of nitrogens with one attached hydrogen (secondary N) is 2. The Labute approximate surface area is 143 Å². The first-order valence-electron chi connectivity index (χ1n) is 8.14. The van der Waals surface area contributed by atoms with Gasteiger partial charge in [0.15, 0.2) is 0 Å². The highest BCUT2D eigenvalue weighted by molar-refractivity contribution is 5.98. The van der Waals surface area contributed by atoms with Gasteiger partial charge in [-0.25, -0.2) is 4.68 Å². The largest absolute Gasteiger partial charge is 0.433 e. The number of benzene rings is 1. The number of aromatic nitrogens is 2. The van der Waals surface area contributed by atoms with E-state index in [-0.39, 0.29) is 11.6 Å². The highest BCUT2D eigenvalue weighted by Crippen LogP contribution is 2.31. The third-order valence-corrected chi connectivity index (χ3v) is 4.58. The van der Waals surface area contributed by atoms with Gasteiger partial charge in [0, 0.05) is 5.69 Å². The molecular formula is C17H19F3N4O. The second-order valence-corrected chi connectivity index (χ2v) is 6.09. The number of hydrogen-bond acceptors (Lipinski definition) is 3. The van der Waals surface area contributed by atoms with E-state index in [2.05, 4.69) is 15.7 Å². The quantitative estimate of drug-likeness (QED) is 0.887. The maximum absolute atomic E-state index is 12.9. The zero-order valence-electron chi connectivity index (χ0n) is 13.7. The summed E-state index contributed by atoms with van der Waals surface area (Å²) in [5.41, 5.74) is -0.593. The summed E-state index contributed by atoms with van der Waals surface area (Å²) >= 11 is 0. The number of nitrogens with zero attached hydrogens (tertiary/aromatic N) is 2. The third kappa shape index (κ3) is 3.39. The first kappa shape index (κ1) is 17.5. The minimum absolute atomic E-state index is 0.115. The van der Waals surface area contributed by atoms with E-state index in [0.29, 0.717) is 12.1 Å². The van der Waals surface area contributed by atoms with E-state index >= 15 is 0 Å². The van der Waals surface area contributed by atoms with E-state index in [0.717, 1.165) is 36.3 Å². The zero-order chi connectivity index (χ0) is 18.1. The monoisotopic (exact) mass is 352 g/mol. The van der Waals surface area contributed by atoms with Gasteiger partial charge in [-0.3, -0.25) is 4.79 Å². The summed E-state index contributed by atoms with van der Waals surface area (Å²) in [6, 6.07) is 7.07. The van der Waals surface area contributed by atoms with Crippen molar-refractivity contribution < 1.29 is 18.0 Å². The van der Waals surface area contributed by atoms with E-state index in [1.807, 2.05) is 6.92 Å². The number of carbonyl (C=O) groups excluding carboxylic acids is 1. The number of carbonyl (C=O) groups is 1. The van der Waals surface area contributed by atoms with Crippen LogP contribution < -0.4 is 10.6 Å². The Morgan fingerprint density at radius 2 is 2.04 bits per heavy atom. The molecule has 8 heteroatoms. The fourth-order valence-electron chi connectivity index (χ4n) is 3.12. The lowest BCUT2D eigenvalue weighted by Gasteiger charge is -2.26. The Bertz CT molecular complexity index is 746. The molecule has 1 aliphatic rings. The predicted octanol–water partition coefficient (Wildman–Crippen LogP) is 3.36. The van der Waals surface area contributed by atoms with Gasteiger partial charge in [-0.1, -0.05) is 6.92 Å². The lowest BCUT2D eigenvalue weighted by Crippen LogP contribution is -2.50. The van der Waals surface area contributed by atoms with Crippen molar-refractivity contribution in [2.45, 2.75) is 37.9 Å². The number of halogens is 3. The molecule has 2 heterocycles. The standard InChI is InChI=1S/C17H19F3N4O/c1-2-16(9-3-10-21-16)15(25)23-12-4-6-13(7-5-12)24-14(8-11-22-24)17(18,19)20/h4-8,11,21H,2-3,9-10H2,1H3,(H,23,25). The molecule has 134 valence electrons. The van der Waals surface area contributed by atoms with Gasteiger partial charge in [-0.05, 0) is 56.1 Å². The Morgan fingerprint density at radius 1 is 1.32 bits per heavy atom. The molecule has 1 aromatic carbocycles. The van der Waals surface area contributed by atoms with Gasteiger partial charge in [0.05, 0.1) is 17.4 Å². The topological polar surface area (TPSA) is 59.0 Å². The van der Waals surface area contributed by atoms with Gasteiger partial charge in [0.25, 0.3) is 0 Å². The summed E-state index contributed by atoms with van der Waals surface area (Å²) in [5, 5.41) is 9.82. The van der Waals surface area contributed by atoms with Crippen molar-refractivity contribution in [3.63, 3.8) is 0 Å². The second-order valence-electron chi connectivity index (χ2n) is 6.09. The number of amides is 1. The maximum atomic E-state index is 12.9. The van der Waals surface area contributed by atoms with E-state index < -0.39 is 17.4 Å². The van der Waals surface area contributed by atoms with Crippen LogP contribution in [-0.4, -0.2) is 27.8 Å². The summed E-state index contributed by atoms with van der Waals surface area (Å²) in [7, 11) is 0. The van der Waals surface area contributed by atoms with Crippen LogP contribution in [-0.2, 0) is 11.0 Å². The molecule has 0 radical (unpaired) electrons. The van der Waals surface area contributed by atoms with Crippen LogP contribution in [0.15, 0.2) is 36.5 Å². The number of hydrogen-bond donors (Lipinski definition) is 2.